The van der Waals surface area contributed by atoms with Crippen LogP contribution in [0.15, 0.2) is 12.2 Å². The molecule has 0 fully saturated rings. The Morgan fingerprint density at radius 1 is 1.67 bits per heavy atom. The lowest BCUT2D eigenvalue weighted by Crippen LogP contribution is -1.94. The molecule has 0 aliphatic rings. The molecule has 0 saturated carbocycles. The van der Waals surface area contributed by atoms with Gasteiger partial charge in [-0.05, 0) is 25.7 Å². The molecule has 1 unspecified atom stereocenters. The number of allylic oxidation sites excluding steroid dienone is 1. The van der Waals surface area contributed by atoms with Crippen molar-refractivity contribution in [2.24, 2.45) is 5.92 Å². The Hall–Kier alpha value is 0.220. The van der Waals surface area contributed by atoms with Crippen molar-refractivity contribution in [1.82, 2.24) is 0 Å². The number of halogens is 1. The molecule has 0 aromatic heterocycles. The number of hydrogen-bond donors (Lipinski definition) is 0. The topological polar surface area (TPSA) is 0 Å². The lowest BCUT2D eigenvalue weighted by Gasteiger charge is -2.05. The maximum absolute atomic E-state index is 3.85. The summed E-state index contributed by atoms with van der Waals surface area (Å²) in [5, 5.41) is 1.11. The van der Waals surface area contributed by atoms with Crippen molar-refractivity contribution < 1.29 is 0 Å². The zero-order valence-electron chi connectivity index (χ0n) is 6.28. The van der Waals surface area contributed by atoms with Crippen molar-refractivity contribution in [1.29, 1.82) is 0 Å². The molecule has 0 bridgehead atoms. The van der Waals surface area contributed by atoms with Crippen LogP contribution in [0.1, 0.15) is 26.7 Å². The van der Waals surface area contributed by atoms with Crippen molar-refractivity contribution >= 4 is 15.9 Å². The van der Waals surface area contributed by atoms with Crippen LogP contribution in [0.5, 0.6) is 0 Å². The highest BCUT2D eigenvalue weighted by Crippen LogP contribution is 2.11. The van der Waals surface area contributed by atoms with E-state index in [9.17, 15) is 0 Å². The van der Waals surface area contributed by atoms with E-state index in [0.717, 1.165) is 11.2 Å². The molecule has 0 amide bonds. The van der Waals surface area contributed by atoms with E-state index < -0.39 is 0 Å². The standard InChI is InChI=1S/C8H15Br/c1-7(2)4-5-8(3)6-9/h8H,1,4-6H2,2-3H3. The van der Waals surface area contributed by atoms with Crippen LogP contribution in [0.4, 0.5) is 0 Å². The van der Waals surface area contributed by atoms with Crippen LogP contribution in [-0.2, 0) is 0 Å². The molecule has 0 aliphatic carbocycles. The Morgan fingerprint density at radius 3 is 2.56 bits per heavy atom. The van der Waals surface area contributed by atoms with Crippen LogP contribution in [0, 0.1) is 5.92 Å². The van der Waals surface area contributed by atoms with Gasteiger partial charge in [-0.15, -0.1) is 6.58 Å². The van der Waals surface area contributed by atoms with Gasteiger partial charge < -0.3 is 0 Å². The zero-order chi connectivity index (χ0) is 7.28. The van der Waals surface area contributed by atoms with Crippen molar-refractivity contribution in [3.05, 3.63) is 12.2 Å². The summed E-state index contributed by atoms with van der Waals surface area (Å²) in [5.74, 6) is 0.793. The molecule has 0 radical (unpaired) electrons. The van der Waals surface area contributed by atoms with Gasteiger partial charge in [0, 0.05) is 5.33 Å². The van der Waals surface area contributed by atoms with E-state index in [1.807, 2.05) is 0 Å². The minimum atomic E-state index is 0.793. The molecular weight excluding hydrogens is 176 g/mol. The van der Waals surface area contributed by atoms with Crippen LogP contribution < -0.4 is 0 Å². The average molecular weight is 191 g/mol. The fourth-order valence-electron chi connectivity index (χ4n) is 0.570. The minimum Gasteiger partial charge on any atom is -0.100 e. The average Bonchev–Trinajstić information content (AvgIpc) is 1.83. The molecule has 0 spiro atoms. The normalized spacial score (nSPS) is 13.2. The van der Waals surface area contributed by atoms with Gasteiger partial charge in [-0.2, -0.15) is 0 Å². The first-order valence-corrected chi connectivity index (χ1v) is 4.49. The van der Waals surface area contributed by atoms with Crippen molar-refractivity contribution in [3.8, 4) is 0 Å². The fourth-order valence-corrected chi connectivity index (χ4v) is 0.894. The summed E-state index contributed by atoms with van der Waals surface area (Å²) in [6, 6.07) is 0. The first kappa shape index (κ1) is 9.22. The van der Waals surface area contributed by atoms with E-state index in [2.05, 4.69) is 36.4 Å². The number of alkyl halides is 1. The second-order valence-electron chi connectivity index (χ2n) is 2.76. The van der Waals surface area contributed by atoms with E-state index in [1.165, 1.54) is 18.4 Å². The first-order valence-electron chi connectivity index (χ1n) is 3.37. The Labute approximate surface area is 66.5 Å². The SMILES string of the molecule is C=C(C)CCC(C)CBr. The van der Waals surface area contributed by atoms with Crippen LogP contribution in [0.25, 0.3) is 0 Å². The molecule has 0 saturated heterocycles. The largest absolute Gasteiger partial charge is 0.100 e. The molecule has 0 N–H and O–H groups in total. The van der Waals surface area contributed by atoms with Crippen LogP contribution in [0.2, 0.25) is 0 Å². The third kappa shape index (κ3) is 6.10. The van der Waals surface area contributed by atoms with Gasteiger partial charge in [-0.1, -0.05) is 28.4 Å². The lowest BCUT2D eigenvalue weighted by molar-refractivity contribution is 0.598. The first-order chi connectivity index (χ1) is 4.16. The van der Waals surface area contributed by atoms with E-state index in [0.29, 0.717) is 0 Å². The van der Waals surface area contributed by atoms with Crippen LogP contribution in [0.3, 0.4) is 0 Å². The molecule has 9 heavy (non-hydrogen) atoms. The predicted octanol–water partition coefficient (Wildman–Crippen LogP) is 3.37. The van der Waals surface area contributed by atoms with Crippen molar-refractivity contribution in [2.45, 2.75) is 26.7 Å². The molecular formula is C8H15Br. The Balaban J connectivity index is 3.16. The van der Waals surface area contributed by atoms with Crippen LogP contribution >= 0.6 is 15.9 Å². The molecule has 0 aromatic rings. The summed E-state index contributed by atoms with van der Waals surface area (Å²) >= 11 is 3.44. The van der Waals surface area contributed by atoms with Gasteiger partial charge in [0.2, 0.25) is 0 Å². The Kier molecular flexibility index (Phi) is 5.16. The summed E-state index contributed by atoms with van der Waals surface area (Å²) < 4.78 is 0. The van der Waals surface area contributed by atoms with Gasteiger partial charge >= 0.3 is 0 Å². The third-order valence-electron chi connectivity index (χ3n) is 1.33. The monoisotopic (exact) mass is 190 g/mol. The van der Waals surface area contributed by atoms with Gasteiger partial charge in [0.15, 0.2) is 0 Å². The highest BCUT2D eigenvalue weighted by atomic mass is 79.9. The predicted molar refractivity (Wildman–Crippen MR) is 47.0 cm³/mol. The van der Waals surface area contributed by atoms with Gasteiger partial charge in [0.1, 0.15) is 0 Å². The quantitative estimate of drug-likeness (QED) is 0.472. The molecule has 1 atom stereocenters. The fraction of sp³-hybridized carbons (Fsp3) is 0.750. The van der Waals surface area contributed by atoms with Crippen molar-refractivity contribution in [3.63, 3.8) is 0 Å². The Morgan fingerprint density at radius 2 is 2.22 bits per heavy atom. The minimum absolute atomic E-state index is 0.793. The summed E-state index contributed by atoms with van der Waals surface area (Å²) in [4.78, 5) is 0. The molecule has 0 aromatic carbocycles. The highest BCUT2D eigenvalue weighted by molar-refractivity contribution is 9.09. The summed E-state index contributed by atoms with van der Waals surface area (Å²) in [6.07, 6.45) is 2.44. The third-order valence-corrected chi connectivity index (χ3v) is 2.43. The second-order valence-corrected chi connectivity index (χ2v) is 3.40. The summed E-state index contributed by atoms with van der Waals surface area (Å²) in [7, 11) is 0. The van der Waals surface area contributed by atoms with Gasteiger partial charge in [-0.3, -0.25) is 0 Å². The van der Waals surface area contributed by atoms with Gasteiger partial charge in [-0.25, -0.2) is 0 Å². The smallest absolute Gasteiger partial charge is 0.00571 e. The highest BCUT2D eigenvalue weighted by Gasteiger charge is 1.97. The van der Waals surface area contributed by atoms with Gasteiger partial charge in [0.05, 0.1) is 0 Å². The van der Waals surface area contributed by atoms with E-state index in [-0.39, 0.29) is 0 Å². The maximum atomic E-state index is 3.85. The molecule has 0 rings (SSSR count). The molecule has 1 heteroatoms. The zero-order valence-corrected chi connectivity index (χ0v) is 7.87. The van der Waals surface area contributed by atoms with Crippen molar-refractivity contribution in [2.75, 3.05) is 5.33 Å². The number of rotatable bonds is 4. The summed E-state index contributed by atoms with van der Waals surface area (Å²) in [6.45, 7) is 8.18. The van der Waals surface area contributed by atoms with E-state index in [1.54, 1.807) is 0 Å². The molecule has 0 aliphatic heterocycles. The maximum Gasteiger partial charge on any atom is 0.00571 e. The summed E-state index contributed by atoms with van der Waals surface area (Å²) in [5.41, 5.74) is 1.29. The second kappa shape index (κ2) is 5.04. The number of hydrogen-bond acceptors (Lipinski definition) is 0. The lowest BCUT2D eigenvalue weighted by atomic mass is 10.1. The van der Waals surface area contributed by atoms with E-state index >= 15 is 0 Å². The molecule has 54 valence electrons. The molecule has 0 nitrogen and oxygen atoms in total. The molecule has 0 heterocycles. The Bertz CT molecular complexity index is 86.6. The van der Waals surface area contributed by atoms with Crippen LogP contribution in [-0.4, -0.2) is 5.33 Å². The van der Waals surface area contributed by atoms with Gasteiger partial charge in [0.25, 0.3) is 0 Å². The van der Waals surface area contributed by atoms with E-state index in [4.69, 9.17) is 0 Å².